The Morgan fingerprint density at radius 2 is 2.16 bits per heavy atom. The van der Waals surface area contributed by atoms with Crippen LogP contribution < -0.4 is 15.0 Å². The van der Waals surface area contributed by atoms with Gasteiger partial charge in [-0.3, -0.25) is 9.78 Å². The van der Waals surface area contributed by atoms with E-state index in [9.17, 15) is 9.90 Å². The van der Waals surface area contributed by atoms with E-state index in [0.717, 1.165) is 11.6 Å². The van der Waals surface area contributed by atoms with Gasteiger partial charge >= 0.3 is 0 Å². The summed E-state index contributed by atoms with van der Waals surface area (Å²) in [6.45, 7) is 0.206. The Bertz CT molecular complexity index is 708. The van der Waals surface area contributed by atoms with Gasteiger partial charge in [0.15, 0.2) is 11.5 Å². The number of nitrogens with one attached hydrogen (secondary N) is 1. The summed E-state index contributed by atoms with van der Waals surface area (Å²) in [4.78, 5) is 21.1. The van der Waals surface area contributed by atoms with Gasteiger partial charge in [-0.1, -0.05) is 0 Å². The summed E-state index contributed by atoms with van der Waals surface area (Å²) >= 11 is 0. The van der Waals surface area contributed by atoms with Gasteiger partial charge in [-0.15, -0.1) is 0 Å². The molecule has 0 spiro atoms. The summed E-state index contributed by atoms with van der Waals surface area (Å²) in [5.74, 6) is 0.978. The highest BCUT2D eigenvalue weighted by molar-refractivity contribution is 5.82. The highest BCUT2D eigenvalue weighted by atomic mass is 16.7. The first kappa shape index (κ1) is 11.3. The van der Waals surface area contributed by atoms with Crippen molar-refractivity contribution in [2.45, 2.75) is 0 Å². The zero-order valence-electron chi connectivity index (χ0n) is 9.66. The summed E-state index contributed by atoms with van der Waals surface area (Å²) in [5, 5.41) is 9.18. The van der Waals surface area contributed by atoms with E-state index in [-0.39, 0.29) is 18.6 Å². The Morgan fingerprint density at radius 3 is 3.00 bits per heavy atom. The molecular formula is C12H9N3O4. The standard InChI is InChI=1S/C12H9N3O4/c16-10-4-11(17)15-12(14-10)13-5-7-1-2-8-9(3-7)19-6-18-8/h1-5H,6H2,(H2,14,15,16,17)/b13-5+. The molecule has 96 valence electrons. The van der Waals surface area contributed by atoms with E-state index in [1.165, 1.54) is 6.21 Å². The number of aromatic hydroxyl groups is 1. The molecule has 0 radical (unpaired) electrons. The lowest BCUT2D eigenvalue weighted by Crippen LogP contribution is -2.03. The molecule has 0 saturated heterocycles. The second-order valence-electron chi connectivity index (χ2n) is 3.80. The highest BCUT2D eigenvalue weighted by Gasteiger charge is 2.12. The monoisotopic (exact) mass is 259 g/mol. The first-order valence-corrected chi connectivity index (χ1v) is 5.45. The van der Waals surface area contributed by atoms with Crippen LogP contribution in [0.1, 0.15) is 5.56 Å². The normalized spacial score (nSPS) is 13.1. The predicted molar refractivity (Wildman–Crippen MR) is 66.3 cm³/mol. The number of hydrogen-bond acceptors (Lipinski definition) is 6. The number of rotatable bonds is 2. The Hall–Kier alpha value is -2.83. The second kappa shape index (κ2) is 4.45. The van der Waals surface area contributed by atoms with E-state index in [0.29, 0.717) is 11.5 Å². The van der Waals surface area contributed by atoms with Gasteiger partial charge in [0.25, 0.3) is 5.56 Å². The quantitative estimate of drug-likeness (QED) is 0.783. The van der Waals surface area contributed by atoms with Gasteiger partial charge in [0.05, 0.1) is 6.07 Å². The van der Waals surface area contributed by atoms with Crippen molar-refractivity contribution in [3.63, 3.8) is 0 Å². The van der Waals surface area contributed by atoms with Crippen molar-refractivity contribution in [1.82, 2.24) is 9.97 Å². The van der Waals surface area contributed by atoms with Gasteiger partial charge < -0.3 is 14.6 Å². The lowest BCUT2D eigenvalue weighted by molar-refractivity contribution is 0.174. The fraction of sp³-hybridized carbons (Fsp3) is 0.0833. The molecule has 0 saturated carbocycles. The van der Waals surface area contributed by atoms with Crippen LogP contribution in [0.4, 0.5) is 5.95 Å². The van der Waals surface area contributed by atoms with Crippen LogP contribution >= 0.6 is 0 Å². The first-order valence-electron chi connectivity index (χ1n) is 5.45. The Morgan fingerprint density at radius 1 is 1.32 bits per heavy atom. The van der Waals surface area contributed by atoms with Crippen LogP contribution in [0.25, 0.3) is 0 Å². The number of nitrogens with zero attached hydrogens (tertiary/aromatic N) is 2. The van der Waals surface area contributed by atoms with E-state index in [1.807, 2.05) is 0 Å². The molecule has 2 heterocycles. The molecule has 2 N–H and O–H groups in total. The van der Waals surface area contributed by atoms with Gasteiger partial charge in [0, 0.05) is 6.21 Å². The summed E-state index contributed by atoms with van der Waals surface area (Å²) in [7, 11) is 0. The Balaban J connectivity index is 1.88. The average molecular weight is 259 g/mol. The van der Waals surface area contributed by atoms with Gasteiger partial charge in [0.2, 0.25) is 18.6 Å². The molecule has 0 bridgehead atoms. The molecule has 2 aromatic rings. The fourth-order valence-corrected chi connectivity index (χ4v) is 1.62. The Kier molecular flexibility index (Phi) is 2.64. The number of aromatic nitrogens is 2. The van der Waals surface area contributed by atoms with Crippen molar-refractivity contribution in [2.75, 3.05) is 6.79 Å². The molecule has 1 aromatic carbocycles. The van der Waals surface area contributed by atoms with Crippen molar-refractivity contribution in [2.24, 2.45) is 4.99 Å². The number of ether oxygens (including phenoxy) is 2. The molecular weight excluding hydrogens is 250 g/mol. The maximum Gasteiger partial charge on any atom is 0.256 e. The van der Waals surface area contributed by atoms with Crippen molar-refractivity contribution in [3.05, 3.63) is 40.2 Å². The van der Waals surface area contributed by atoms with Crippen molar-refractivity contribution in [1.29, 1.82) is 0 Å². The number of fused-ring (bicyclic) bond motifs is 1. The van der Waals surface area contributed by atoms with E-state index >= 15 is 0 Å². The molecule has 0 fully saturated rings. The molecule has 7 heteroatoms. The molecule has 1 aliphatic heterocycles. The number of aliphatic imine (C=N–C) groups is 1. The van der Waals surface area contributed by atoms with E-state index in [2.05, 4.69) is 15.0 Å². The molecule has 1 aliphatic rings. The van der Waals surface area contributed by atoms with Crippen LogP contribution in [-0.4, -0.2) is 28.1 Å². The third kappa shape index (κ3) is 2.39. The third-order valence-electron chi connectivity index (χ3n) is 2.45. The molecule has 0 atom stereocenters. The lowest BCUT2D eigenvalue weighted by atomic mass is 10.2. The largest absolute Gasteiger partial charge is 0.493 e. The lowest BCUT2D eigenvalue weighted by Gasteiger charge is -1.97. The minimum Gasteiger partial charge on any atom is -0.493 e. The topological polar surface area (TPSA) is 96.8 Å². The van der Waals surface area contributed by atoms with Crippen LogP contribution in [0.15, 0.2) is 34.1 Å². The van der Waals surface area contributed by atoms with Gasteiger partial charge in [-0.05, 0) is 23.8 Å². The smallest absolute Gasteiger partial charge is 0.256 e. The number of hydrogen-bond donors (Lipinski definition) is 2. The van der Waals surface area contributed by atoms with Crippen molar-refractivity contribution in [3.8, 4) is 17.4 Å². The van der Waals surface area contributed by atoms with Gasteiger partial charge in [-0.25, -0.2) is 4.99 Å². The molecule has 7 nitrogen and oxygen atoms in total. The summed E-state index contributed by atoms with van der Waals surface area (Å²) in [6.07, 6.45) is 1.50. The van der Waals surface area contributed by atoms with Crippen LogP contribution in [-0.2, 0) is 0 Å². The van der Waals surface area contributed by atoms with Gasteiger partial charge in [0.1, 0.15) is 0 Å². The van der Waals surface area contributed by atoms with Crippen LogP contribution in [0.3, 0.4) is 0 Å². The molecule has 19 heavy (non-hydrogen) atoms. The molecule has 1 aromatic heterocycles. The molecule has 0 amide bonds. The summed E-state index contributed by atoms with van der Waals surface area (Å²) in [6, 6.07) is 6.28. The fourth-order valence-electron chi connectivity index (χ4n) is 1.62. The number of benzene rings is 1. The summed E-state index contributed by atoms with van der Waals surface area (Å²) in [5.41, 5.74) is 0.292. The average Bonchev–Trinajstić information content (AvgIpc) is 2.82. The van der Waals surface area contributed by atoms with Crippen molar-refractivity contribution >= 4 is 12.2 Å². The van der Waals surface area contributed by atoms with E-state index in [1.54, 1.807) is 18.2 Å². The highest BCUT2D eigenvalue weighted by Crippen LogP contribution is 2.32. The molecule has 0 aliphatic carbocycles. The van der Waals surface area contributed by atoms with Crippen molar-refractivity contribution < 1.29 is 14.6 Å². The van der Waals surface area contributed by atoms with E-state index in [4.69, 9.17) is 9.47 Å². The van der Waals surface area contributed by atoms with Crippen LogP contribution in [0.5, 0.6) is 17.4 Å². The van der Waals surface area contributed by atoms with Crippen LogP contribution in [0, 0.1) is 0 Å². The number of H-pyrrole nitrogens is 1. The second-order valence-corrected chi connectivity index (χ2v) is 3.80. The Labute approximate surface area is 107 Å². The summed E-state index contributed by atoms with van der Waals surface area (Å²) < 4.78 is 10.4. The number of aromatic amines is 1. The predicted octanol–water partition coefficient (Wildman–Crippen LogP) is 0.955. The van der Waals surface area contributed by atoms with Crippen LogP contribution in [0.2, 0.25) is 0 Å². The SMILES string of the molecule is O=c1cc(O)nc(/N=C/c2ccc3c(c2)OCO3)[nH]1. The zero-order chi connectivity index (χ0) is 13.2. The maximum atomic E-state index is 11.1. The zero-order valence-corrected chi connectivity index (χ0v) is 9.66. The minimum absolute atomic E-state index is 0.0302. The maximum absolute atomic E-state index is 11.1. The van der Waals surface area contributed by atoms with E-state index < -0.39 is 5.56 Å². The van der Waals surface area contributed by atoms with Gasteiger partial charge in [-0.2, -0.15) is 4.98 Å². The molecule has 0 unspecified atom stereocenters. The molecule has 3 rings (SSSR count). The first-order chi connectivity index (χ1) is 9.20. The third-order valence-corrected chi connectivity index (χ3v) is 2.45. The minimum atomic E-state index is -0.467.